The van der Waals surface area contributed by atoms with Crippen LogP contribution in [0.1, 0.15) is 37.3 Å². The van der Waals surface area contributed by atoms with Gasteiger partial charge in [0, 0.05) is 11.3 Å². The number of quaternary nitrogens is 1. The molecule has 1 saturated heterocycles. The molecule has 0 amide bonds. The summed E-state index contributed by atoms with van der Waals surface area (Å²) in [6.45, 7) is 5.11. The number of aromatic hydroxyl groups is 1. The van der Waals surface area contributed by atoms with E-state index >= 15 is 0 Å². The number of thiocarbonyl (C=S) groups is 1. The summed E-state index contributed by atoms with van der Waals surface area (Å²) in [5.74, 6) is 1.14. The standard InChI is InChI=1S/C22H28N4O2S/c1-16(24-25-22(29)23-19-7-9-20(28-2)10-8-19)17-6-11-21(27)18(14-17)15-26-12-4-3-5-13-26/h6-11,14,27H,3-5,12-13,15H2,1-2H3,(H2,23,25,29)/p+1/b24-16+. The molecule has 0 radical (unpaired) electrons. The van der Waals surface area contributed by atoms with Gasteiger partial charge in [-0.25, -0.2) is 0 Å². The second kappa shape index (κ2) is 10.2. The van der Waals surface area contributed by atoms with E-state index in [1.165, 1.54) is 37.3 Å². The summed E-state index contributed by atoms with van der Waals surface area (Å²) >= 11 is 5.32. The highest BCUT2D eigenvalue weighted by Gasteiger charge is 2.16. The number of phenols is 1. The van der Waals surface area contributed by atoms with Crippen LogP contribution in [0.2, 0.25) is 0 Å². The van der Waals surface area contributed by atoms with Gasteiger partial charge in [-0.15, -0.1) is 0 Å². The van der Waals surface area contributed by atoms with Gasteiger partial charge in [0.15, 0.2) is 5.11 Å². The van der Waals surface area contributed by atoms with Crippen molar-refractivity contribution in [1.29, 1.82) is 0 Å². The van der Waals surface area contributed by atoms with E-state index in [-0.39, 0.29) is 0 Å². The first-order valence-electron chi connectivity index (χ1n) is 9.96. The van der Waals surface area contributed by atoms with E-state index in [1.54, 1.807) is 13.2 Å². The van der Waals surface area contributed by atoms with Crippen LogP contribution in [-0.4, -0.2) is 36.1 Å². The number of ether oxygens (including phenoxy) is 1. The third-order valence-electron chi connectivity index (χ3n) is 5.17. The molecule has 6 nitrogen and oxygen atoms in total. The molecule has 2 aromatic carbocycles. The number of hydrazone groups is 1. The molecule has 1 aliphatic rings. The zero-order valence-corrected chi connectivity index (χ0v) is 17.8. The number of phenolic OH excluding ortho intramolecular Hbond substituents is 1. The summed E-state index contributed by atoms with van der Waals surface area (Å²) in [6, 6.07) is 13.2. The normalized spacial score (nSPS) is 15.0. The van der Waals surface area contributed by atoms with Gasteiger partial charge in [-0.1, -0.05) is 0 Å². The lowest BCUT2D eigenvalue weighted by Gasteiger charge is -2.24. The fraction of sp³-hybridized carbons (Fsp3) is 0.364. The van der Waals surface area contributed by atoms with Gasteiger partial charge in [0.05, 0.1) is 25.9 Å². The maximum atomic E-state index is 10.3. The number of nitrogens with zero attached hydrogens (tertiary/aromatic N) is 1. The Balaban J connectivity index is 1.60. The molecular weight excluding hydrogens is 384 g/mol. The lowest BCUT2D eigenvalue weighted by molar-refractivity contribution is -0.918. The van der Waals surface area contributed by atoms with Gasteiger partial charge in [0.2, 0.25) is 0 Å². The number of anilines is 1. The number of nitrogens with one attached hydrogen (secondary N) is 3. The minimum atomic E-state index is 0.351. The minimum absolute atomic E-state index is 0.351. The van der Waals surface area contributed by atoms with Gasteiger partial charge in [0.1, 0.15) is 18.0 Å². The van der Waals surface area contributed by atoms with E-state index in [2.05, 4.69) is 15.8 Å². The molecule has 154 valence electrons. The van der Waals surface area contributed by atoms with Crippen molar-refractivity contribution in [3.05, 3.63) is 53.6 Å². The number of piperidine rings is 1. The van der Waals surface area contributed by atoms with Gasteiger partial charge >= 0.3 is 0 Å². The van der Waals surface area contributed by atoms with Gasteiger partial charge in [-0.3, -0.25) is 5.43 Å². The molecule has 29 heavy (non-hydrogen) atoms. The molecule has 4 N–H and O–H groups in total. The van der Waals surface area contributed by atoms with Gasteiger partial charge < -0.3 is 20.1 Å². The summed E-state index contributed by atoms with van der Waals surface area (Å²) in [4.78, 5) is 1.53. The molecule has 0 aromatic heterocycles. The smallest absolute Gasteiger partial charge is 0.191 e. The first-order chi connectivity index (χ1) is 14.0. The summed E-state index contributed by atoms with van der Waals surface area (Å²) in [6.07, 6.45) is 3.84. The van der Waals surface area contributed by atoms with Crippen LogP contribution < -0.4 is 20.4 Å². The van der Waals surface area contributed by atoms with Crippen molar-refractivity contribution in [2.45, 2.75) is 32.7 Å². The van der Waals surface area contributed by atoms with Crippen LogP contribution in [0.5, 0.6) is 11.5 Å². The molecule has 0 saturated carbocycles. The van der Waals surface area contributed by atoms with E-state index in [1.807, 2.05) is 43.3 Å². The Morgan fingerprint density at radius 1 is 1.14 bits per heavy atom. The summed E-state index contributed by atoms with van der Waals surface area (Å²) in [5, 5.41) is 18.1. The third kappa shape index (κ3) is 6.17. The lowest BCUT2D eigenvalue weighted by Crippen LogP contribution is -3.11. The SMILES string of the molecule is COc1ccc(NC(=S)N/N=C(\C)c2ccc(O)c(C[NH+]3CCCCC3)c2)cc1. The molecule has 1 heterocycles. The van der Waals surface area contributed by atoms with Crippen molar-refractivity contribution in [2.24, 2.45) is 5.10 Å². The fourth-order valence-corrected chi connectivity index (χ4v) is 3.65. The highest BCUT2D eigenvalue weighted by molar-refractivity contribution is 7.80. The Kier molecular flexibility index (Phi) is 7.43. The molecular formula is C22H29N4O2S+. The molecule has 0 spiro atoms. The van der Waals surface area contributed by atoms with Gasteiger partial charge in [0.25, 0.3) is 0 Å². The zero-order chi connectivity index (χ0) is 20.6. The largest absolute Gasteiger partial charge is 0.507 e. The summed E-state index contributed by atoms with van der Waals surface area (Å²) in [7, 11) is 1.63. The maximum absolute atomic E-state index is 10.3. The number of likely N-dealkylation sites (tertiary alicyclic amines) is 1. The van der Waals surface area contributed by atoms with Crippen LogP contribution in [0.15, 0.2) is 47.6 Å². The van der Waals surface area contributed by atoms with Crippen molar-refractivity contribution in [3.8, 4) is 11.5 Å². The molecule has 1 fully saturated rings. The Hall–Kier alpha value is -2.64. The Morgan fingerprint density at radius 2 is 1.86 bits per heavy atom. The van der Waals surface area contributed by atoms with E-state index in [0.29, 0.717) is 10.9 Å². The van der Waals surface area contributed by atoms with E-state index in [4.69, 9.17) is 17.0 Å². The van der Waals surface area contributed by atoms with Crippen LogP contribution in [0.4, 0.5) is 5.69 Å². The van der Waals surface area contributed by atoms with Crippen molar-refractivity contribution in [1.82, 2.24) is 5.43 Å². The van der Waals surface area contributed by atoms with Crippen LogP contribution in [0, 0.1) is 0 Å². The highest BCUT2D eigenvalue weighted by atomic mass is 32.1. The molecule has 0 aliphatic carbocycles. The van der Waals surface area contributed by atoms with Crippen molar-refractivity contribution < 1.29 is 14.7 Å². The first-order valence-corrected chi connectivity index (χ1v) is 10.4. The fourth-order valence-electron chi connectivity index (χ4n) is 3.48. The summed E-state index contributed by atoms with van der Waals surface area (Å²) < 4.78 is 5.15. The van der Waals surface area contributed by atoms with Crippen molar-refractivity contribution in [3.63, 3.8) is 0 Å². The monoisotopic (exact) mass is 413 g/mol. The second-order valence-corrected chi connectivity index (χ2v) is 7.73. The topological polar surface area (TPSA) is 70.3 Å². The van der Waals surface area contributed by atoms with E-state index in [0.717, 1.165) is 34.8 Å². The Labute approximate surface area is 177 Å². The van der Waals surface area contributed by atoms with E-state index < -0.39 is 0 Å². The molecule has 7 heteroatoms. The maximum Gasteiger partial charge on any atom is 0.191 e. The predicted octanol–water partition coefficient (Wildman–Crippen LogP) is 2.68. The summed E-state index contributed by atoms with van der Waals surface area (Å²) in [5.41, 5.74) is 6.47. The van der Waals surface area contributed by atoms with Crippen LogP contribution in [-0.2, 0) is 6.54 Å². The number of methoxy groups -OCH3 is 1. The lowest BCUT2D eigenvalue weighted by atomic mass is 10.0. The average Bonchev–Trinajstić information content (AvgIpc) is 2.75. The number of benzene rings is 2. The molecule has 0 atom stereocenters. The van der Waals surface area contributed by atoms with Crippen molar-refractivity contribution in [2.75, 3.05) is 25.5 Å². The van der Waals surface area contributed by atoms with Crippen molar-refractivity contribution >= 4 is 28.7 Å². The van der Waals surface area contributed by atoms with Gasteiger partial charge in [-0.2, -0.15) is 5.10 Å². The zero-order valence-electron chi connectivity index (χ0n) is 17.0. The number of hydrogen-bond acceptors (Lipinski definition) is 4. The number of hydrogen-bond donors (Lipinski definition) is 4. The van der Waals surface area contributed by atoms with Crippen LogP contribution in [0.25, 0.3) is 0 Å². The van der Waals surface area contributed by atoms with E-state index in [9.17, 15) is 5.11 Å². The molecule has 0 bridgehead atoms. The van der Waals surface area contributed by atoms with Gasteiger partial charge in [-0.05, 0) is 86.4 Å². The Bertz CT molecular complexity index is 862. The predicted molar refractivity (Wildman–Crippen MR) is 121 cm³/mol. The van der Waals surface area contributed by atoms with Crippen LogP contribution >= 0.6 is 12.2 Å². The first kappa shape index (κ1) is 21.1. The Morgan fingerprint density at radius 3 is 2.55 bits per heavy atom. The number of rotatable bonds is 6. The molecule has 3 rings (SSSR count). The second-order valence-electron chi connectivity index (χ2n) is 7.32. The average molecular weight is 414 g/mol. The molecule has 0 unspecified atom stereocenters. The minimum Gasteiger partial charge on any atom is -0.507 e. The third-order valence-corrected chi connectivity index (χ3v) is 5.36. The quantitative estimate of drug-likeness (QED) is 0.333. The highest BCUT2D eigenvalue weighted by Crippen LogP contribution is 2.19. The molecule has 2 aromatic rings. The van der Waals surface area contributed by atoms with Crippen LogP contribution in [0.3, 0.4) is 0 Å². The molecule has 1 aliphatic heterocycles.